The van der Waals surface area contributed by atoms with Gasteiger partial charge in [-0.2, -0.15) is 0 Å². The summed E-state index contributed by atoms with van der Waals surface area (Å²) < 4.78 is 5.60. The lowest BCUT2D eigenvalue weighted by Crippen LogP contribution is -2.50. The Bertz CT molecular complexity index is 886. The molecule has 0 aliphatic heterocycles. The highest BCUT2D eigenvalue weighted by atomic mass is 16.5. The van der Waals surface area contributed by atoms with Gasteiger partial charge >= 0.3 is 0 Å². The fourth-order valence-corrected chi connectivity index (χ4v) is 5.19. The van der Waals surface area contributed by atoms with E-state index in [9.17, 15) is 4.79 Å². The van der Waals surface area contributed by atoms with Gasteiger partial charge in [-0.15, -0.1) is 0 Å². The number of benzene rings is 1. The molecular weight excluding hydrogens is 384 g/mol. The maximum Gasteiger partial charge on any atom is 0.162 e. The lowest BCUT2D eigenvalue weighted by Gasteiger charge is -2.46. The third-order valence-electron chi connectivity index (χ3n) is 6.45. The Hall–Kier alpha value is -2.12. The number of aliphatic imine (C=N–C) groups is 1. The summed E-state index contributed by atoms with van der Waals surface area (Å²) in [5.41, 5.74) is 7.96. The van der Waals surface area contributed by atoms with E-state index in [-0.39, 0.29) is 22.7 Å². The van der Waals surface area contributed by atoms with Crippen LogP contribution in [-0.4, -0.2) is 24.8 Å². The van der Waals surface area contributed by atoms with Crippen molar-refractivity contribution in [1.82, 2.24) is 0 Å². The van der Waals surface area contributed by atoms with E-state index in [0.717, 1.165) is 43.2 Å². The Kier molecular flexibility index (Phi) is 7.76. The molecule has 1 spiro atoms. The Balaban J connectivity index is 0.00000166. The molecule has 1 fully saturated rings. The van der Waals surface area contributed by atoms with Crippen molar-refractivity contribution in [2.45, 2.75) is 92.2 Å². The van der Waals surface area contributed by atoms with E-state index in [1.54, 1.807) is 21.0 Å². The molecule has 170 valence electrons. The Labute approximate surface area is 189 Å². The van der Waals surface area contributed by atoms with Crippen LogP contribution >= 0.6 is 0 Å². The number of hydrogen-bond donors (Lipinski definition) is 1. The number of ketones is 1. The molecule has 0 saturated heterocycles. The zero-order valence-corrected chi connectivity index (χ0v) is 20.7. The molecule has 0 aromatic heterocycles. The number of rotatable bonds is 3. The number of ether oxygens (including phenoxy) is 1. The van der Waals surface area contributed by atoms with Gasteiger partial charge in [-0.05, 0) is 90.0 Å². The van der Waals surface area contributed by atoms with Crippen LogP contribution in [0.4, 0.5) is 0 Å². The van der Waals surface area contributed by atoms with Gasteiger partial charge in [0, 0.05) is 23.5 Å². The topological polar surface area (TPSA) is 64.7 Å². The smallest absolute Gasteiger partial charge is 0.162 e. The van der Waals surface area contributed by atoms with Gasteiger partial charge in [0.25, 0.3) is 0 Å². The summed E-state index contributed by atoms with van der Waals surface area (Å²) in [4.78, 5) is 18.2. The van der Waals surface area contributed by atoms with Gasteiger partial charge in [0.05, 0.1) is 11.9 Å². The van der Waals surface area contributed by atoms with E-state index in [1.807, 2.05) is 13.8 Å². The highest BCUT2D eigenvalue weighted by Crippen LogP contribution is 2.60. The predicted octanol–water partition coefficient (Wildman–Crippen LogP) is 5.40. The number of nitrogens with two attached hydrogens (primary N) is 1. The number of methoxy groups -OCH3 is 1. The van der Waals surface area contributed by atoms with Crippen LogP contribution in [0.25, 0.3) is 0 Å². The van der Waals surface area contributed by atoms with E-state index >= 15 is 0 Å². The van der Waals surface area contributed by atoms with Gasteiger partial charge in [0.1, 0.15) is 0 Å². The quantitative estimate of drug-likeness (QED) is 0.401. The van der Waals surface area contributed by atoms with Crippen LogP contribution in [-0.2, 0) is 21.5 Å². The van der Waals surface area contributed by atoms with Gasteiger partial charge in [-0.3, -0.25) is 9.79 Å². The van der Waals surface area contributed by atoms with Crippen LogP contribution in [0.1, 0.15) is 90.8 Å². The standard InChI is InChI=1S/C25H34N2O2.C2H6/c1-17(28)25(27-18(2)26)22-15-19(9-12-23(3,4)5)7-8-20(22)16-24(25)13-10-21(29-6)11-14-24;1-2/h7-8,15,21H,10-11,13-14,16H2,1-6H3,(H2,26,27);1-2H3. The molecule has 2 aliphatic carbocycles. The molecule has 1 aromatic rings. The van der Waals surface area contributed by atoms with Gasteiger partial charge in [0.2, 0.25) is 0 Å². The number of carbonyl (C=O) groups excluding carboxylic acids is 1. The van der Waals surface area contributed by atoms with Crippen molar-refractivity contribution in [3.05, 3.63) is 34.9 Å². The second kappa shape index (κ2) is 9.57. The van der Waals surface area contributed by atoms with Gasteiger partial charge in [0.15, 0.2) is 11.3 Å². The van der Waals surface area contributed by atoms with Crippen LogP contribution in [0.3, 0.4) is 0 Å². The van der Waals surface area contributed by atoms with Crippen LogP contribution in [0, 0.1) is 22.7 Å². The van der Waals surface area contributed by atoms with Crippen LogP contribution in [0.5, 0.6) is 0 Å². The molecule has 1 saturated carbocycles. The van der Waals surface area contributed by atoms with E-state index in [2.05, 4.69) is 50.8 Å². The molecule has 0 bridgehead atoms. The first-order valence-electron chi connectivity index (χ1n) is 11.6. The third kappa shape index (κ3) is 4.88. The number of fused-ring (bicyclic) bond motifs is 1. The van der Waals surface area contributed by atoms with Crippen molar-refractivity contribution in [3.8, 4) is 11.8 Å². The number of nitrogens with zero attached hydrogens (tertiary/aromatic N) is 1. The summed E-state index contributed by atoms with van der Waals surface area (Å²) >= 11 is 0. The SMILES string of the molecule is CC.COC1CCC2(CC1)Cc1ccc(C#CC(C)(C)C)cc1C2(N=C(C)N)C(C)=O. The molecule has 1 atom stereocenters. The molecule has 2 N–H and O–H groups in total. The molecular formula is C27H40N2O2. The summed E-state index contributed by atoms with van der Waals surface area (Å²) in [5.74, 6) is 7.11. The fraction of sp³-hybridized carbons (Fsp3) is 0.630. The first-order chi connectivity index (χ1) is 14.5. The average molecular weight is 425 g/mol. The van der Waals surface area contributed by atoms with E-state index in [1.165, 1.54) is 5.56 Å². The Morgan fingerprint density at radius 3 is 2.29 bits per heavy atom. The highest BCUT2D eigenvalue weighted by molar-refractivity contribution is 5.94. The summed E-state index contributed by atoms with van der Waals surface area (Å²) in [5, 5.41) is 0. The Morgan fingerprint density at radius 2 is 1.81 bits per heavy atom. The Morgan fingerprint density at radius 1 is 1.19 bits per heavy atom. The zero-order valence-electron chi connectivity index (χ0n) is 20.7. The second-order valence-electron chi connectivity index (χ2n) is 9.78. The molecule has 2 aliphatic rings. The minimum Gasteiger partial charge on any atom is -0.388 e. The molecule has 0 radical (unpaired) electrons. The van der Waals surface area contributed by atoms with Crippen molar-refractivity contribution in [1.29, 1.82) is 0 Å². The lowest BCUT2D eigenvalue weighted by atomic mass is 9.60. The summed E-state index contributed by atoms with van der Waals surface area (Å²) in [6, 6.07) is 6.29. The largest absolute Gasteiger partial charge is 0.388 e. The molecule has 4 heteroatoms. The fourth-order valence-electron chi connectivity index (χ4n) is 5.19. The average Bonchev–Trinajstić information content (AvgIpc) is 2.97. The number of amidine groups is 1. The number of hydrogen-bond acceptors (Lipinski definition) is 3. The highest BCUT2D eigenvalue weighted by Gasteiger charge is 2.61. The monoisotopic (exact) mass is 424 g/mol. The lowest BCUT2D eigenvalue weighted by molar-refractivity contribution is -0.129. The first kappa shape index (κ1) is 25.1. The van der Waals surface area contributed by atoms with Crippen molar-refractivity contribution >= 4 is 11.6 Å². The maximum absolute atomic E-state index is 13.3. The molecule has 3 rings (SSSR count). The maximum atomic E-state index is 13.3. The molecule has 31 heavy (non-hydrogen) atoms. The summed E-state index contributed by atoms with van der Waals surface area (Å²) in [7, 11) is 1.77. The van der Waals surface area contributed by atoms with E-state index in [0.29, 0.717) is 5.84 Å². The van der Waals surface area contributed by atoms with Gasteiger partial charge in [-0.1, -0.05) is 31.8 Å². The second-order valence-corrected chi connectivity index (χ2v) is 9.78. The normalized spacial score (nSPS) is 27.6. The van der Waals surface area contributed by atoms with Crippen molar-refractivity contribution in [2.24, 2.45) is 21.6 Å². The predicted molar refractivity (Wildman–Crippen MR) is 129 cm³/mol. The van der Waals surface area contributed by atoms with Crippen molar-refractivity contribution in [3.63, 3.8) is 0 Å². The minimum atomic E-state index is -0.931. The van der Waals surface area contributed by atoms with E-state index in [4.69, 9.17) is 15.5 Å². The minimum absolute atomic E-state index is 0.0675. The molecule has 1 unspecified atom stereocenters. The van der Waals surface area contributed by atoms with Gasteiger partial charge < -0.3 is 10.5 Å². The summed E-state index contributed by atoms with van der Waals surface area (Å²) in [6.07, 6.45) is 4.79. The van der Waals surface area contributed by atoms with Crippen LogP contribution in [0.15, 0.2) is 23.2 Å². The molecule has 0 amide bonds. The van der Waals surface area contributed by atoms with Crippen molar-refractivity contribution < 1.29 is 9.53 Å². The first-order valence-corrected chi connectivity index (χ1v) is 11.6. The van der Waals surface area contributed by atoms with E-state index < -0.39 is 5.54 Å². The van der Waals surface area contributed by atoms with Crippen LogP contribution in [0.2, 0.25) is 0 Å². The zero-order chi connectivity index (χ0) is 23.4. The van der Waals surface area contributed by atoms with Crippen molar-refractivity contribution in [2.75, 3.05) is 7.11 Å². The third-order valence-corrected chi connectivity index (χ3v) is 6.45. The summed E-state index contributed by atoms with van der Waals surface area (Å²) in [6.45, 7) is 13.7. The molecule has 0 heterocycles. The van der Waals surface area contributed by atoms with Gasteiger partial charge in [-0.25, -0.2) is 0 Å². The number of Topliss-reactive ketones (excluding diaryl/α,β-unsaturated/α-hetero) is 1. The number of carbonyl (C=O) groups is 1. The van der Waals surface area contributed by atoms with Crippen LogP contribution < -0.4 is 5.73 Å². The molecule has 1 aromatic carbocycles. The molecule has 4 nitrogen and oxygen atoms in total.